The molecule has 27 heavy (non-hydrogen) atoms. The Bertz CT molecular complexity index is 1040. The van der Waals surface area contributed by atoms with Crippen molar-refractivity contribution in [3.05, 3.63) is 75.6 Å². The van der Waals surface area contributed by atoms with Crippen LogP contribution in [0.2, 0.25) is 5.02 Å². The average Bonchev–Trinajstić information content (AvgIpc) is 2.68. The molecule has 3 aromatic rings. The Hall–Kier alpha value is -2.85. The van der Waals surface area contributed by atoms with Crippen LogP contribution >= 0.6 is 11.6 Å². The van der Waals surface area contributed by atoms with Crippen LogP contribution in [0.3, 0.4) is 0 Å². The summed E-state index contributed by atoms with van der Waals surface area (Å²) in [5.41, 5.74) is 0.888. The van der Waals surface area contributed by atoms with Crippen LogP contribution in [-0.2, 0) is 9.53 Å². The molecule has 0 unspecified atom stereocenters. The predicted molar refractivity (Wildman–Crippen MR) is 108 cm³/mol. The van der Waals surface area contributed by atoms with E-state index < -0.39 is 11.6 Å². The zero-order valence-corrected chi connectivity index (χ0v) is 15.7. The third-order valence-electron chi connectivity index (χ3n) is 4.10. The molecular weight excluding hydrogens is 364 g/mol. The fraction of sp³-hybridized carbons (Fsp3) is 0.182. The molecule has 1 heterocycles. The quantitative estimate of drug-likeness (QED) is 0.322. The van der Waals surface area contributed by atoms with Gasteiger partial charge in [0.2, 0.25) is 0 Å². The van der Waals surface area contributed by atoms with Gasteiger partial charge in [0, 0.05) is 27.6 Å². The van der Waals surface area contributed by atoms with Gasteiger partial charge in [-0.1, -0.05) is 61.3 Å². The topological polar surface area (TPSA) is 56.5 Å². The summed E-state index contributed by atoms with van der Waals surface area (Å²) < 4.78 is 10.7. The molecule has 0 bridgehead atoms. The lowest BCUT2D eigenvalue weighted by Crippen LogP contribution is -2.04. The van der Waals surface area contributed by atoms with Crippen molar-refractivity contribution in [3.63, 3.8) is 0 Å². The minimum Gasteiger partial charge on any atom is -0.463 e. The number of fused-ring (bicyclic) bond motifs is 1. The number of benzene rings is 2. The second-order valence-corrected chi connectivity index (χ2v) is 6.48. The second-order valence-electron chi connectivity index (χ2n) is 6.04. The van der Waals surface area contributed by atoms with Crippen LogP contribution in [0.1, 0.15) is 25.3 Å². The SMILES string of the molecule is CCCCOC(=O)/C=C/c1c(-c2ccccc2)oc(=O)c2cc(Cl)ccc12. The van der Waals surface area contributed by atoms with Crippen molar-refractivity contribution in [1.29, 1.82) is 0 Å². The van der Waals surface area contributed by atoms with E-state index in [2.05, 4.69) is 0 Å². The standard InChI is InChI=1S/C22H19ClO4/c1-2-3-13-26-20(24)12-11-18-17-10-9-16(23)14-19(17)22(25)27-21(18)15-7-5-4-6-8-15/h4-12,14H,2-3,13H2,1H3/b12-11+. The summed E-state index contributed by atoms with van der Waals surface area (Å²) in [5, 5.41) is 1.46. The third-order valence-corrected chi connectivity index (χ3v) is 4.33. The van der Waals surface area contributed by atoms with Gasteiger partial charge in [0.1, 0.15) is 5.76 Å². The van der Waals surface area contributed by atoms with Crippen molar-refractivity contribution < 1.29 is 13.9 Å². The Morgan fingerprint density at radius 3 is 2.67 bits per heavy atom. The highest BCUT2D eigenvalue weighted by atomic mass is 35.5. The fourth-order valence-electron chi connectivity index (χ4n) is 2.73. The van der Waals surface area contributed by atoms with Crippen LogP contribution < -0.4 is 5.63 Å². The number of rotatable bonds is 6. The first kappa shape index (κ1) is 18.9. The number of carbonyl (C=O) groups is 1. The van der Waals surface area contributed by atoms with Crippen molar-refractivity contribution in [2.75, 3.05) is 6.61 Å². The number of hydrogen-bond donors (Lipinski definition) is 0. The molecule has 0 radical (unpaired) electrons. The minimum absolute atomic E-state index is 0.362. The lowest BCUT2D eigenvalue weighted by Gasteiger charge is -2.09. The van der Waals surface area contributed by atoms with E-state index >= 15 is 0 Å². The van der Waals surface area contributed by atoms with E-state index in [1.54, 1.807) is 24.3 Å². The van der Waals surface area contributed by atoms with Gasteiger partial charge in [0.05, 0.1) is 12.0 Å². The summed E-state index contributed by atoms with van der Waals surface area (Å²) in [5.74, 6) is -0.0381. The van der Waals surface area contributed by atoms with Crippen molar-refractivity contribution in [1.82, 2.24) is 0 Å². The van der Waals surface area contributed by atoms with Crippen molar-refractivity contribution in [3.8, 4) is 11.3 Å². The zero-order chi connectivity index (χ0) is 19.2. The molecule has 138 valence electrons. The number of carbonyl (C=O) groups excluding carboxylic acids is 1. The van der Waals surface area contributed by atoms with E-state index in [4.69, 9.17) is 20.8 Å². The second kappa shape index (κ2) is 8.69. The van der Waals surface area contributed by atoms with Crippen LogP contribution in [0.15, 0.2) is 63.8 Å². The maximum Gasteiger partial charge on any atom is 0.344 e. The monoisotopic (exact) mass is 382 g/mol. The molecule has 0 N–H and O–H groups in total. The minimum atomic E-state index is -0.478. The Kier molecular flexibility index (Phi) is 6.09. The number of unbranched alkanes of at least 4 members (excludes halogenated alkanes) is 1. The normalized spacial score (nSPS) is 11.2. The van der Waals surface area contributed by atoms with Crippen molar-refractivity contribution >= 4 is 34.4 Å². The first-order valence-corrected chi connectivity index (χ1v) is 9.14. The Balaban J connectivity index is 2.11. The number of ether oxygens (including phenoxy) is 1. The van der Waals surface area contributed by atoms with E-state index in [1.165, 1.54) is 6.08 Å². The van der Waals surface area contributed by atoms with Gasteiger partial charge >= 0.3 is 11.6 Å². The average molecular weight is 383 g/mol. The maximum absolute atomic E-state index is 12.4. The highest BCUT2D eigenvalue weighted by Crippen LogP contribution is 2.30. The Morgan fingerprint density at radius 1 is 1.15 bits per heavy atom. The van der Waals surface area contributed by atoms with Gasteiger partial charge in [0.25, 0.3) is 0 Å². The smallest absolute Gasteiger partial charge is 0.344 e. The summed E-state index contributed by atoms with van der Waals surface area (Å²) in [6, 6.07) is 14.3. The molecule has 0 spiro atoms. The van der Waals surface area contributed by atoms with Crippen LogP contribution in [0.25, 0.3) is 28.2 Å². The summed E-state index contributed by atoms with van der Waals surface area (Å²) in [7, 11) is 0. The van der Waals surface area contributed by atoms with Gasteiger partial charge in [-0.15, -0.1) is 0 Å². The van der Waals surface area contributed by atoms with Gasteiger partial charge in [-0.3, -0.25) is 0 Å². The van der Waals surface area contributed by atoms with Crippen LogP contribution in [0, 0.1) is 0 Å². The molecule has 1 aromatic heterocycles. The number of halogens is 1. The Labute approximate surface area is 162 Å². The molecule has 0 aliphatic heterocycles. The molecule has 2 aromatic carbocycles. The summed E-state index contributed by atoms with van der Waals surface area (Å²) in [6.45, 7) is 2.41. The fourth-order valence-corrected chi connectivity index (χ4v) is 2.90. The first-order chi connectivity index (χ1) is 13.1. The molecule has 0 fully saturated rings. The van der Waals surface area contributed by atoms with Crippen molar-refractivity contribution in [2.24, 2.45) is 0 Å². The highest BCUT2D eigenvalue weighted by molar-refractivity contribution is 6.31. The first-order valence-electron chi connectivity index (χ1n) is 8.76. The molecule has 0 saturated carbocycles. The maximum atomic E-state index is 12.4. The number of hydrogen-bond acceptors (Lipinski definition) is 4. The molecular formula is C22H19ClO4. The van der Waals surface area contributed by atoms with Gasteiger partial charge in [-0.2, -0.15) is 0 Å². The molecule has 0 amide bonds. The van der Waals surface area contributed by atoms with Gasteiger partial charge in [0.15, 0.2) is 0 Å². The zero-order valence-electron chi connectivity index (χ0n) is 14.9. The number of esters is 1. The highest BCUT2D eigenvalue weighted by Gasteiger charge is 2.14. The van der Waals surface area contributed by atoms with Crippen LogP contribution in [0.4, 0.5) is 0 Å². The van der Waals surface area contributed by atoms with E-state index in [9.17, 15) is 9.59 Å². The van der Waals surface area contributed by atoms with Crippen LogP contribution in [-0.4, -0.2) is 12.6 Å². The van der Waals surface area contributed by atoms with E-state index in [1.807, 2.05) is 37.3 Å². The van der Waals surface area contributed by atoms with Gasteiger partial charge < -0.3 is 9.15 Å². The van der Waals surface area contributed by atoms with Gasteiger partial charge in [-0.05, 0) is 24.6 Å². The summed E-state index contributed by atoms with van der Waals surface area (Å²) in [4.78, 5) is 24.4. The van der Waals surface area contributed by atoms with E-state index in [0.29, 0.717) is 33.7 Å². The molecule has 3 rings (SSSR count). The predicted octanol–water partition coefficient (Wildman–Crippen LogP) is 5.47. The molecule has 0 atom stereocenters. The lowest BCUT2D eigenvalue weighted by molar-refractivity contribution is -0.137. The lowest BCUT2D eigenvalue weighted by atomic mass is 10.0. The molecule has 0 aliphatic rings. The van der Waals surface area contributed by atoms with Crippen molar-refractivity contribution in [2.45, 2.75) is 19.8 Å². The van der Waals surface area contributed by atoms with E-state index in [-0.39, 0.29) is 0 Å². The molecule has 0 aliphatic carbocycles. The Morgan fingerprint density at radius 2 is 1.93 bits per heavy atom. The van der Waals surface area contributed by atoms with Gasteiger partial charge in [-0.25, -0.2) is 9.59 Å². The molecule has 4 nitrogen and oxygen atoms in total. The third kappa shape index (κ3) is 4.47. The summed E-state index contributed by atoms with van der Waals surface area (Å²) in [6.07, 6.45) is 4.74. The van der Waals surface area contributed by atoms with E-state index in [0.717, 1.165) is 18.4 Å². The molecule has 0 saturated heterocycles. The summed E-state index contributed by atoms with van der Waals surface area (Å²) >= 11 is 6.03. The van der Waals surface area contributed by atoms with Crippen LogP contribution in [0.5, 0.6) is 0 Å². The largest absolute Gasteiger partial charge is 0.463 e. The molecule has 5 heteroatoms.